The van der Waals surface area contributed by atoms with E-state index in [0.717, 1.165) is 22.4 Å². The summed E-state index contributed by atoms with van der Waals surface area (Å²) in [5.74, 6) is -0.889. The number of hydrogen-bond acceptors (Lipinski definition) is 3. The molecule has 0 aliphatic carbocycles. The van der Waals surface area contributed by atoms with E-state index in [2.05, 4.69) is 10.3 Å². The molecule has 1 heterocycles. The molecule has 0 aliphatic heterocycles. The van der Waals surface area contributed by atoms with Crippen molar-refractivity contribution in [1.29, 1.82) is 0 Å². The van der Waals surface area contributed by atoms with Gasteiger partial charge in [-0.3, -0.25) is 9.78 Å². The molecule has 2 rings (SSSR count). The minimum atomic E-state index is -0.889. The van der Waals surface area contributed by atoms with E-state index in [1.54, 1.807) is 19.3 Å². The molecule has 1 aromatic carbocycles. The maximum absolute atomic E-state index is 10.9. The summed E-state index contributed by atoms with van der Waals surface area (Å²) in [6.45, 7) is 3.64. The molecule has 0 aliphatic rings. The zero-order valence-corrected chi connectivity index (χ0v) is 10.9. The van der Waals surface area contributed by atoms with Crippen molar-refractivity contribution in [2.45, 2.75) is 19.9 Å². The summed E-state index contributed by atoms with van der Waals surface area (Å²) in [6, 6.07) is 9.22. The van der Waals surface area contributed by atoms with E-state index in [0.29, 0.717) is 0 Å². The predicted octanol–water partition coefficient (Wildman–Crippen LogP) is 2.94. The normalized spacial score (nSPS) is 11.9. The van der Waals surface area contributed by atoms with Crippen LogP contribution in [-0.2, 0) is 4.79 Å². The van der Waals surface area contributed by atoms with Gasteiger partial charge in [-0.25, -0.2) is 0 Å². The summed E-state index contributed by atoms with van der Waals surface area (Å²) in [5, 5.41) is 12.0. The second kappa shape index (κ2) is 5.52. The molecule has 0 amide bonds. The summed E-state index contributed by atoms with van der Waals surface area (Å²) in [5.41, 5.74) is 3.90. The van der Waals surface area contributed by atoms with Crippen molar-refractivity contribution in [3.8, 4) is 11.1 Å². The van der Waals surface area contributed by atoms with Gasteiger partial charge in [-0.15, -0.1) is 0 Å². The molecule has 1 atom stereocenters. The Bertz CT molecular complexity index is 596. The molecule has 4 nitrogen and oxygen atoms in total. The van der Waals surface area contributed by atoms with Gasteiger partial charge in [0, 0.05) is 11.8 Å². The van der Waals surface area contributed by atoms with Crippen LogP contribution in [0.3, 0.4) is 0 Å². The average molecular weight is 256 g/mol. The van der Waals surface area contributed by atoms with Crippen molar-refractivity contribution in [2.24, 2.45) is 0 Å². The van der Waals surface area contributed by atoms with Gasteiger partial charge in [0.15, 0.2) is 0 Å². The lowest BCUT2D eigenvalue weighted by Gasteiger charge is -2.15. The zero-order valence-electron chi connectivity index (χ0n) is 10.9. The number of pyridine rings is 1. The van der Waals surface area contributed by atoms with E-state index in [1.807, 2.05) is 37.3 Å². The predicted molar refractivity (Wildman–Crippen MR) is 75.1 cm³/mol. The Balaban J connectivity index is 2.42. The molecule has 98 valence electrons. The number of carboxylic acid groups (broad SMARTS) is 1. The number of nitrogens with zero attached hydrogens (tertiary/aromatic N) is 1. The number of aliphatic carboxylic acids is 1. The lowest BCUT2D eigenvalue weighted by Crippen LogP contribution is -2.25. The number of nitrogens with one attached hydrogen (secondary N) is 1. The van der Waals surface area contributed by atoms with Crippen molar-refractivity contribution in [3.63, 3.8) is 0 Å². The number of hydrogen-bond donors (Lipinski definition) is 2. The molecule has 0 saturated heterocycles. The third-order valence-corrected chi connectivity index (χ3v) is 3.00. The van der Waals surface area contributed by atoms with Gasteiger partial charge in [-0.05, 0) is 31.0 Å². The van der Waals surface area contributed by atoms with E-state index in [4.69, 9.17) is 5.11 Å². The molecule has 1 aromatic heterocycles. The van der Waals surface area contributed by atoms with Crippen LogP contribution in [0, 0.1) is 6.92 Å². The van der Waals surface area contributed by atoms with E-state index in [-0.39, 0.29) is 0 Å². The highest BCUT2D eigenvalue weighted by atomic mass is 16.4. The van der Waals surface area contributed by atoms with Gasteiger partial charge in [0.05, 0.1) is 11.9 Å². The Labute approximate surface area is 112 Å². The van der Waals surface area contributed by atoms with Crippen molar-refractivity contribution < 1.29 is 9.90 Å². The van der Waals surface area contributed by atoms with Crippen molar-refractivity contribution in [2.75, 3.05) is 5.32 Å². The Morgan fingerprint density at radius 3 is 2.68 bits per heavy atom. The molecular formula is C15H16N2O2. The Morgan fingerprint density at radius 2 is 2.00 bits per heavy atom. The third kappa shape index (κ3) is 2.91. The summed E-state index contributed by atoms with van der Waals surface area (Å²) < 4.78 is 0. The first kappa shape index (κ1) is 13.1. The van der Waals surface area contributed by atoms with Gasteiger partial charge in [-0.2, -0.15) is 0 Å². The number of aryl methyl sites for hydroxylation is 1. The first-order valence-corrected chi connectivity index (χ1v) is 6.09. The summed E-state index contributed by atoms with van der Waals surface area (Å²) >= 11 is 0. The van der Waals surface area contributed by atoms with Crippen LogP contribution in [0.4, 0.5) is 5.69 Å². The maximum atomic E-state index is 10.9. The van der Waals surface area contributed by atoms with Crippen LogP contribution in [0.1, 0.15) is 12.5 Å². The van der Waals surface area contributed by atoms with E-state index < -0.39 is 12.0 Å². The smallest absolute Gasteiger partial charge is 0.325 e. The molecular weight excluding hydrogens is 240 g/mol. The molecule has 0 fully saturated rings. The Hall–Kier alpha value is -2.36. The molecule has 0 spiro atoms. The largest absolute Gasteiger partial charge is 0.480 e. The SMILES string of the molecule is Cc1ccccc1-c1ccncc1N[C@@H](C)C(=O)O. The highest BCUT2D eigenvalue weighted by Crippen LogP contribution is 2.29. The minimum absolute atomic E-state index is 0.660. The fraction of sp³-hybridized carbons (Fsp3) is 0.200. The van der Waals surface area contributed by atoms with Gasteiger partial charge in [0.25, 0.3) is 0 Å². The molecule has 0 unspecified atom stereocenters. The lowest BCUT2D eigenvalue weighted by molar-refractivity contribution is -0.137. The van der Waals surface area contributed by atoms with Gasteiger partial charge in [0.1, 0.15) is 6.04 Å². The average Bonchev–Trinajstić information content (AvgIpc) is 2.40. The summed E-state index contributed by atoms with van der Waals surface area (Å²) in [7, 11) is 0. The Kier molecular flexibility index (Phi) is 3.80. The molecule has 0 saturated carbocycles. The van der Waals surface area contributed by atoms with Crippen molar-refractivity contribution in [1.82, 2.24) is 4.98 Å². The lowest BCUT2D eigenvalue weighted by atomic mass is 10.00. The van der Waals surface area contributed by atoms with Crippen LogP contribution in [-0.4, -0.2) is 22.1 Å². The quantitative estimate of drug-likeness (QED) is 0.882. The van der Waals surface area contributed by atoms with Crippen LogP contribution >= 0.6 is 0 Å². The van der Waals surface area contributed by atoms with Crippen LogP contribution in [0.15, 0.2) is 42.7 Å². The molecule has 19 heavy (non-hydrogen) atoms. The fourth-order valence-electron chi connectivity index (χ4n) is 1.91. The zero-order chi connectivity index (χ0) is 13.8. The van der Waals surface area contributed by atoms with Crippen LogP contribution < -0.4 is 5.32 Å². The molecule has 2 N–H and O–H groups in total. The van der Waals surface area contributed by atoms with Gasteiger partial charge in [-0.1, -0.05) is 24.3 Å². The Morgan fingerprint density at radius 1 is 1.26 bits per heavy atom. The molecule has 0 bridgehead atoms. The highest BCUT2D eigenvalue weighted by molar-refractivity contribution is 5.83. The monoisotopic (exact) mass is 256 g/mol. The fourth-order valence-corrected chi connectivity index (χ4v) is 1.91. The van der Waals surface area contributed by atoms with E-state index in [1.165, 1.54) is 0 Å². The van der Waals surface area contributed by atoms with Crippen LogP contribution in [0.2, 0.25) is 0 Å². The topological polar surface area (TPSA) is 62.2 Å². The van der Waals surface area contributed by atoms with Gasteiger partial charge in [0.2, 0.25) is 0 Å². The van der Waals surface area contributed by atoms with Gasteiger partial charge < -0.3 is 10.4 Å². The van der Waals surface area contributed by atoms with E-state index >= 15 is 0 Å². The number of rotatable bonds is 4. The molecule has 4 heteroatoms. The van der Waals surface area contributed by atoms with Crippen molar-refractivity contribution in [3.05, 3.63) is 48.3 Å². The number of carbonyl (C=O) groups is 1. The number of carboxylic acids is 1. The highest BCUT2D eigenvalue weighted by Gasteiger charge is 2.14. The second-order valence-electron chi connectivity index (χ2n) is 4.44. The first-order chi connectivity index (χ1) is 9.09. The first-order valence-electron chi connectivity index (χ1n) is 6.09. The standard InChI is InChI=1S/C15H16N2O2/c1-10-5-3-4-6-12(10)13-7-8-16-9-14(13)17-11(2)15(18)19/h3-9,11,17H,1-2H3,(H,18,19)/t11-/m0/s1. The minimum Gasteiger partial charge on any atom is -0.480 e. The maximum Gasteiger partial charge on any atom is 0.325 e. The van der Waals surface area contributed by atoms with Crippen LogP contribution in [0.25, 0.3) is 11.1 Å². The van der Waals surface area contributed by atoms with Gasteiger partial charge >= 0.3 is 5.97 Å². The summed E-state index contributed by atoms with van der Waals surface area (Å²) in [6.07, 6.45) is 3.36. The summed E-state index contributed by atoms with van der Waals surface area (Å²) in [4.78, 5) is 15.0. The van der Waals surface area contributed by atoms with Crippen LogP contribution in [0.5, 0.6) is 0 Å². The van der Waals surface area contributed by atoms with Crippen molar-refractivity contribution >= 4 is 11.7 Å². The van der Waals surface area contributed by atoms with E-state index in [9.17, 15) is 4.79 Å². The second-order valence-corrected chi connectivity index (χ2v) is 4.44. The molecule has 2 aromatic rings. The third-order valence-electron chi connectivity index (χ3n) is 3.00. The number of anilines is 1. The number of benzene rings is 1. The molecule has 0 radical (unpaired) electrons. The number of aromatic nitrogens is 1.